The summed E-state index contributed by atoms with van der Waals surface area (Å²) in [5, 5.41) is 1.08. The second kappa shape index (κ2) is 8.54. The van der Waals surface area contributed by atoms with Gasteiger partial charge in [0.1, 0.15) is 5.75 Å². The van der Waals surface area contributed by atoms with Gasteiger partial charge in [-0.2, -0.15) is 0 Å². The van der Waals surface area contributed by atoms with Crippen molar-refractivity contribution >= 4 is 15.9 Å². The Bertz CT molecular complexity index is 343. The summed E-state index contributed by atoms with van der Waals surface area (Å²) < 4.78 is 5.39. The SMILES string of the molecule is CCCC(CBr)CN(C)Cc1ccccc1OC. The molecule has 0 aliphatic heterocycles. The average Bonchev–Trinajstić information content (AvgIpc) is 2.38. The van der Waals surface area contributed by atoms with Gasteiger partial charge in [-0.15, -0.1) is 0 Å². The Kier molecular flexibility index (Phi) is 7.36. The minimum absolute atomic E-state index is 0.731. The molecule has 1 atom stereocenters. The predicted octanol–water partition coefficient (Wildman–Crippen LogP) is 3.94. The summed E-state index contributed by atoms with van der Waals surface area (Å²) in [7, 11) is 3.91. The van der Waals surface area contributed by atoms with Gasteiger partial charge in [-0.3, -0.25) is 0 Å². The van der Waals surface area contributed by atoms with Crippen molar-refractivity contribution in [3.05, 3.63) is 29.8 Å². The topological polar surface area (TPSA) is 12.5 Å². The number of para-hydroxylation sites is 1. The molecular formula is C15H24BrNO. The summed E-state index contributed by atoms with van der Waals surface area (Å²) in [6.45, 7) is 4.31. The third-order valence-electron chi connectivity index (χ3n) is 3.12. The summed E-state index contributed by atoms with van der Waals surface area (Å²) in [4.78, 5) is 2.37. The van der Waals surface area contributed by atoms with Crippen LogP contribution in [0.4, 0.5) is 0 Å². The zero-order valence-electron chi connectivity index (χ0n) is 11.7. The van der Waals surface area contributed by atoms with E-state index in [1.165, 1.54) is 18.4 Å². The van der Waals surface area contributed by atoms with Gasteiger partial charge >= 0.3 is 0 Å². The molecule has 0 bridgehead atoms. The first kappa shape index (κ1) is 15.5. The molecule has 0 radical (unpaired) electrons. The maximum atomic E-state index is 5.39. The van der Waals surface area contributed by atoms with Crippen molar-refractivity contribution in [1.82, 2.24) is 4.90 Å². The van der Waals surface area contributed by atoms with E-state index < -0.39 is 0 Å². The van der Waals surface area contributed by atoms with E-state index in [0.29, 0.717) is 0 Å². The molecule has 0 saturated carbocycles. The molecule has 1 rings (SSSR count). The number of benzene rings is 1. The highest BCUT2D eigenvalue weighted by molar-refractivity contribution is 9.09. The summed E-state index contributed by atoms with van der Waals surface area (Å²) in [6.07, 6.45) is 2.53. The lowest BCUT2D eigenvalue weighted by Gasteiger charge is -2.23. The molecule has 18 heavy (non-hydrogen) atoms. The number of ether oxygens (including phenoxy) is 1. The Morgan fingerprint density at radius 1 is 1.33 bits per heavy atom. The Labute approximate surface area is 119 Å². The van der Waals surface area contributed by atoms with Crippen LogP contribution in [0.25, 0.3) is 0 Å². The average molecular weight is 314 g/mol. The van der Waals surface area contributed by atoms with Gasteiger partial charge in [0.05, 0.1) is 7.11 Å². The molecule has 1 aromatic rings. The lowest BCUT2D eigenvalue weighted by Crippen LogP contribution is -2.26. The van der Waals surface area contributed by atoms with Crippen molar-refractivity contribution < 1.29 is 4.74 Å². The van der Waals surface area contributed by atoms with Crippen LogP contribution in [-0.2, 0) is 6.54 Å². The van der Waals surface area contributed by atoms with Crippen LogP contribution in [0.3, 0.4) is 0 Å². The number of alkyl halides is 1. The highest BCUT2D eigenvalue weighted by atomic mass is 79.9. The lowest BCUT2D eigenvalue weighted by molar-refractivity contribution is 0.269. The summed E-state index contributed by atoms with van der Waals surface area (Å²) >= 11 is 3.61. The zero-order chi connectivity index (χ0) is 13.4. The van der Waals surface area contributed by atoms with E-state index >= 15 is 0 Å². The van der Waals surface area contributed by atoms with Crippen LogP contribution >= 0.6 is 15.9 Å². The Balaban J connectivity index is 2.55. The van der Waals surface area contributed by atoms with Gasteiger partial charge in [0, 0.05) is 24.0 Å². The van der Waals surface area contributed by atoms with Crippen LogP contribution in [0, 0.1) is 5.92 Å². The van der Waals surface area contributed by atoms with Gasteiger partial charge in [0.2, 0.25) is 0 Å². The van der Waals surface area contributed by atoms with Crippen LogP contribution < -0.4 is 4.74 Å². The normalized spacial score (nSPS) is 12.7. The van der Waals surface area contributed by atoms with Crippen LogP contribution in [-0.4, -0.2) is 30.9 Å². The van der Waals surface area contributed by atoms with Crippen molar-refractivity contribution in [3.8, 4) is 5.75 Å². The van der Waals surface area contributed by atoms with Crippen LogP contribution in [0.1, 0.15) is 25.3 Å². The minimum atomic E-state index is 0.731. The van der Waals surface area contributed by atoms with Crippen LogP contribution in [0.15, 0.2) is 24.3 Å². The predicted molar refractivity (Wildman–Crippen MR) is 81.5 cm³/mol. The fraction of sp³-hybridized carbons (Fsp3) is 0.600. The number of nitrogens with zero attached hydrogens (tertiary/aromatic N) is 1. The molecule has 0 spiro atoms. The van der Waals surface area contributed by atoms with Crippen LogP contribution in [0.2, 0.25) is 0 Å². The molecular weight excluding hydrogens is 290 g/mol. The molecule has 0 heterocycles. The highest BCUT2D eigenvalue weighted by Gasteiger charge is 2.11. The molecule has 0 amide bonds. The second-order valence-electron chi connectivity index (χ2n) is 4.82. The number of rotatable bonds is 8. The van der Waals surface area contributed by atoms with Gasteiger partial charge in [0.25, 0.3) is 0 Å². The molecule has 0 N–H and O–H groups in total. The standard InChI is InChI=1S/C15H24BrNO/c1-4-7-13(10-16)11-17(2)12-14-8-5-6-9-15(14)18-3/h5-6,8-9,13H,4,7,10-12H2,1-3H3. The van der Waals surface area contributed by atoms with E-state index in [4.69, 9.17) is 4.74 Å². The third-order valence-corrected chi connectivity index (χ3v) is 4.03. The lowest BCUT2D eigenvalue weighted by atomic mass is 10.1. The molecule has 0 saturated heterocycles. The Morgan fingerprint density at radius 3 is 2.67 bits per heavy atom. The highest BCUT2D eigenvalue weighted by Crippen LogP contribution is 2.20. The van der Waals surface area contributed by atoms with Crippen LogP contribution in [0.5, 0.6) is 5.75 Å². The molecule has 3 heteroatoms. The van der Waals surface area contributed by atoms with E-state index in [1.807, 2.05) is 12.1 Å². The van der Waals surface area contributed by atoms with Gasteiger partial charge in [-0.05, 0) is 25.5 Å². The first-order chi connectivity index (χ1) is 8.71. The molecule has 0 aliphatic rings. The fourth-order valence-electron chi connectivity index (χ4n) is 2.26. The Hall–Kier alpha value is -0.540. The summed E-state index contributed by atoms with van der Waals surface area (Å²) in [5.74, 6) is 1.71. The maximum absolute atomic E-state index is 5.39. The van der Waals surface area contributed by atoms with E-state index in [9.17, 15) is 0 Å². The van der Waals surface area contributed by atoms with Crippen molar-refractivity contribution in [3.63, 3.8) is 0 Å². The van der Waals surface area contributed by atoms with E-state index in [0.717, 1.165) is 30.1 Å². The quantitative estimate of drug-likeness (QED) is 0.674. The van der Waals surface area contributed by atoms with E-state index in [2.05, 4.69) is 46.9 Å². The molecule has 2 nitrogen and oxygen atoms in total. The maximum Gasteiger partial charge on any atom is 0.123 e. The first-order valence-electron chi connectivity index (χ1n) is 6.57. The zero-order valence-corrected chi connectivity index (χ0v) is 13.2. The molecule has 1 unspecified atom stereocenters. The Morgan fingerprint density at radius 2 is 2.06 bits per heavy atom. The minimum Gasteiger partial charge on any atom is -0.496 e. The number of methoxy groups -OCH3 is 1. The third kappa shape index (κ3) is 4.99. The van der Waals surface area contributed by atoms with Gasteiger partial charge in [-0.1, -0.05) is 47.5 Å². The monoisotopic (exact) mass is 313 g/mol. The van der Waals surface area contributed by atoms with Gasteiger partial charge in [0.15, 0.2) is 0 Å². The summed E-state index contributed by atoms with van der Waals surface area (Å²) in [5.41, 5.74) is 1.26. The fourth-order valence-corrected chi connectivity index (χ4v) is 2.78. The molecule has 0 aliphatic carbocycles. The van der Waals surface area contributed by atoms with Crippen molar-refractivity contribution in [1.29, 1.82) is 0 Å². The number of hydrogen-bond donors (Lipinski definition) is 0. The first-order valence-corrected chi connectivity index (χ1v) is 7.69. The second-order valence-corrected chi connectivity index (χ2v) is 5.47. The molecule has 0 aromatic heterocycles. The van der Waals surface area contributed by atoms with Crippen molar-refractivity contribution in [2.24, 2.45) is 5.92 Å². The van der Waals surface area contributed by atoms with E-state index in [-0.39, 0.29) is 0 Å². The van der Waals surface area contributed by atoms with Gasteiger partial charge in [-0.25, -0.2) is 0 Å². The molecule has 1 aromatic carbocycles. The molecule has 102 valence electrons. The number of hydrogen-bond acceptors (Lipinski definition) is 2. The summed E-state index contributed by atoms with van der Waals surface area (Å²) in [6, 6.07) is 8.25. The number of halogens is 1. The van der Waals surface area contributed by atoms with Gasteiger partial charge < -0.3 is 9.64 Å². The van der Waals surface area contributed by atoms with Crippen molar-refractivity contribution in [2.75, 3.05) is 26.0 Å². The largest absolute Gasteiger partial charge is 0.496 e. The smallest absolute Gasteiger partial charge is 0.123 e. The van der Waals surface area contributed by atoms with Crippen molar-refractivity contribution in [2.45, 2.75) is 26.3 Å². The molecule has 0 fully saturated rings. The van der Waals surface area contributed by atoms with E-state index in [1.54, 1.807) is 7.11 Å².